The van der Waals surface area contributed by atoms with Crippen LogP contribution in [0.5, 0.6) is 0 Å². The summed E-state index contributed by atoms with van der Waals surface area (Å²) in [7, 11) is -1.01. The molecule has 2 unspecified atom stereocenters. The van der Waals surface area contributed by atoms with Crippen molar-refractivity contribution in [3.63, 3.8) is 0 Å². The molecule has 2 heterocycles. The Labute approximate surface area is 116 Å². The number of hydrogen-bond acceptors (Lipinski definition) is 4. The SMILES string of the molecule is CN1C2CCCC1CC(NS(=O)(=O)CCCCO)C2. The maximum Gasteiger partial charge on any atom is 0.211 e. The minimum Gasteiger partial charge on any atom is -0.396 e. The molecule has 0 aliphatic carbocycles. The molecule has 2 aliphatic heterocycles. The van der Waals surface area contributed by atoms with E-state index in [1.165, 1.54) is 19.3 Å². The van der Waals surface area contributed by atoms with Crippen molar-refractivity contribution in [3.8, 4) is 0 Å². The van der Waals surface area contributed by atoms with Crippen molar-refractivity contribution in [1.29, 1.82) is 0 Å². The standard InChI is InChI=1S/C13H26N2O3S/c1-15-12-5-4-6-13(15)10-11(9-12)14-19(17,18)8-3-2-7-16/h11-14,16H,2-10H2,1H3. The zero-order valence-electron chi connectivity index (χ0n) is 11.7. The summed E-state index contributed by atoms with van der Waals surface area (Å²) in [6, 6.07) is 1.18. The fourth-order valence-corrected chi connectivity index (χ4v) is 4.83. The minimum absolute atomic E-state index is 0.0634. The molecule has 6 heteroatoms. The normalized spacial score (nSPS) is 32.4. The Morgan fingerprint density at radius 1 is 1.21 bits per heavy atom. The summed E-state index contributed by atoms with van der Waals surface area (Å²) in [5.74, 6) is 0.134. The predicted molar refractivity (Wildman–Crippen MR) is 75.5 cm³/mol. The van der Waals surface area contributed by atoms with Crippen molar-refractivity contribution in [1.82, 2.24) is 9.62 Å². The molecule has 0 spiro atoms. The quantitative estimate of drug-likeness (QED) is 0.706. The van der Waals surface area contributed by atoms with Crippen LogP contribution in [0, 0.1) is 0 Å². The Morgan fingerprint density at radius 2 is 1.84 bits per heavy atom. The van der Waals surface area contributed by atoms with E-state index in [9.17, 15) is 8.42 Å². The summed E-state index contributed by atoms with van der Waals surface area (Å²) in [4.78, 5) is 2.43. The van der Waals surface area contributed by atoms with Crippen molar-refractivity contribution in [2.24, 2.45) is 0 Å². The molecule has 5 nitrogen and oxygen atoms in total. The van der Waals surface area contributed by atoms with E-state index in [4.69, 9.17) is 5.11 Å². The average molecular weight is 290 g/mol. The zero-order valence-corrected chi connectivity index (χ0v) is 12.5. The van der Waals surface area contributed by atoms with E-state index in [2.05, 4.69) is 16.7 Å². The highest BCUT2D eigenvalue weighted by atomic mass is 32.2. The third-order valence-corrected chi connectivity index (χ3v) is 6.03. The summed E-state index contributed by atoms with van der Waals surface area (Å²) >= 11 is 0. The summed E-state index contributed by atoms with van der Waals surface area (Å²) in [5, 5.41) is 8.70. The number of fused-ring (bicyclic) bond motifs is 2. The minimum atomic E-state index is -3.18. The smallest absolute Gasteiger partial charge is 0.211 e. The molecule has 0 radical (unpaired) electrons. The van der Waals surface area contributed by atoms with Gasteiger partial charge in [0.25, 0.3) is 0 Å². The highest BCUT2D eigenvalue weighted by Crippen LogP contribution is 2.32. The first-order valence-corrected chi connectivity index (χ1v) is 9.00. The van der Waals surface area contributed by atoms with E-state index in [-0.39, 0.29) is 18.4 Å². The number of nitrogens with zero attached hydrogens (tertiary/aromatic N) is 1. The maximum atomic E-state index is 12.0. The lowest BCUT2D eigenvalue weighted by molar-refractivity contribution is 0.0536. The van der Waals surface area contributed by atoms with Gasteiger partial charge in [0.1, 0.15) is 0 Å². The van der Waals surface area contributed by atoms with E-state index < -0.39 is 10.0 Å². The van der Waals surface area contributed by atoms with Gasteiger partial charge in [-0.05, 0) is 45.6 Å². The largest absolute Gasteiger partial charge is 0.396 e. The van der Waals surface area contributed by atoms with Crippen LogP contribution in [-0.2, 0) is 10.0 Å². The van der Waals surface area contributed by atoms with Crippen molar-refractivity contribution in [3.05, 3.63) is 0 Å². The lowest BCUT2D eigenvalue weighted by Gasteiger charge is -2.47. The molecule has 112 valence electrons. The molecule has 0 aromatic heterocycles. The fraction of sp³-hybridized carbons (Fsp3) is 1.00. The molecular formula is C13H26N2O3S. The molecule has 2 saturated heterocycles. The van der Waals surface area contributed by atoms with Crippen molar-refractivity contribution >= 4 is 10.0 Å². The molecule has 2 rings (SSSR count). The van der Waals surface area contributed by atoms with Crippen LogP contribution < -0.4 is 4.72 Å². The summed E-state index contributed by atoms with van der Waals surface area (Å²) in [6.07, 6.45) is 6.62. The summed E-state index contributed by atoms with van der Waals surface area (Å²) in [6.45, 7) is 0.0634. The number of nitrogens with one attached hydrogen (secondary N) is 1. The number of hydrogen-bond donors (Lipinski definition) is 2. The molecule has 0 amide bonds. The monoisotopic (exact) mass is 290 g/mol. The third-order valence-electron chi connectivity index (χ3n) is 4.51. The number of piperidine rings is 2. The van der Waals surface area contributed by atoms with E-state index >= 15 is 0 Å². The van der Waals surface area contributed by atoms with Gasteiger partial charge in [-0.25, -0.2) is 13.1 Å². The molecule has 0 aromatic rings. The fourth-order valence-electron chi connectivity index (χ4n) is 3.43. The first-order valence-electron chi connectivity index (χ1n) is 7.34. The first-order chi connectivity index (χ1) is 9.02. The van der Waals surface area contributed by atoms with E-state index in [0.717, 1.165) is 12.8 Å². The Balaban J connectivity index is 1.86. The van der Waals surface area contributed by atoms with E-state index in [0.29, 0.717) is 24.9 Å². The molecule has 19 heavy (non-hydrogen) atoms. The van der Waals surface area contributed by atoms with Gasteiger partial charge in [-0.2, -0.15) is 0 Å². The van der Waals surface area contributed by atoms with Gasteiger partial charge in [0.05, 0.1) is 5.75 Å². The van der Waals surface area contributed by atoms with Crippen LogP contribution in [0.4, 0.5) is 0 Å². The highest BCUT2D eigenvalue weighted by molar-refractivity contribution is 7.89. The molecule has 2 aliphatic rings. The Morgan fingerprint density at radius 3 is 2.42 bits per heavy atom. The lowest BCUT2D eigenvalue weighted by Crippen LogP contribution is -2.55. The first kappa shape index (κ1) is 15.2. The summed E-state index contributed by atoms with van der Waals surface area (Å²) < 4.78 is 26.8. The molecule has 2 fully saturated rings. The number of aliphatic hydroxyl groups is 1. The Bertz CT molecular complexity index is 371. The second-order valence-corrected chi connectivity index (χ2v) is 7.81. The van der Waals surface area contributed by atoms with Gasteiger partial charge in [0.2, 0.25) is 10.0 Å². The molecule has 0 aromatic carbocycles. The molecule has 2 N–H and O–H groups in total. The van der Waals surface area contributed by atoms with Gasteiger partial charge in [0.15, 0.2) is 0 Å². The molecular weight excluding hydrogens is 264 g/mol. The lowest BCUT2D eigenvalue weighted by atomic mass is 9.83. The highest BCUT2D eigenvalue weighted by Gasteiger charge is 2.37. The number of sulfonamides is 1. The van der Waals surface area contributed by atoms with Crippen molar-refractivity contribution in [2.75, 3.05) is 19.4 Å². The van der Waals surface area contributed by atoms with Gasteiger partial charge in [0, 0.05) is 24.7 Å². The number of rotatable bonds is 6. The van der Waals surface area contributed by atoms with Gasteiger partial charge in [-0.1, -0.05) is 6.42 Å². The van der Waals surface area contributed by atoms with Crippen LogP contribution in [0.15, 0.2) is 0 Å². The van der Waals surface area contributed by atoms with Gasteiger partial charge in [-0.3, -0.25) is 0 Å². The van der Waals surface area contributed by atoms with Gasteiger partial charge >= 0.3 is 0 Å². The van der Waals surface area contributed by atoms with Crippen LogP contribution in [0.3, 0.4) is 0 Å². The molecule has 0 saturated carbocycles. The third kappa shape index (κ3) is 4.15. The Hall–Kier alpha value is -0.170. The predicted octanol–water partition coefficient (Wildman–Crippen LogP) is 0.694. The van der Waals surface area contributed by atoms with Crippen molar-refractivity contribution < 1.29 is 13.5 Å². The second kappa shape index (κ2) is 6.52. The van der Waals surface area contributed by atoms with Crippen LogP contribution >= 0.6 is 0 Å². The maximum absolute atomic E-state index is 12.0. The van der Waals surface area contributed by atoms with Crippen LogP contribution in [0.25, 0.3) is 0 Å². The molecule has 2 bridgehead atoms. The topological polar surface area (TPSA) is 69.6 Å². The van der Waals surface area contributed by atoms with E-state index in [1.807, 2.05) is 0 Å². The van der Waals surface area contributed by atoms with Crippen LogP contribution in [0.1, 0.15) is 44.9 Å². The van der Waals surface area contributed by atoms with Crippen molar-refractivity contribution in [2.45, 2.75) is 63.1 Å². The Kier molecular flexibility index (Phi) is 5.22. The average Bonchev–Trinajstić information content (AvgIpc) is 2.30. The van der Waals surface area contributed by atoms with Crippen LogP contribution in [-0.4, -0.2) is 56.0 Å². The summed E-state index contributed by atoms with van der Waals surface area (Å²) in [5.41, 5.74) is 0. The number of unbranched alkanes of at least 4 members (excludes halogenated alkanes) is 1. The van der Waals surface area contributed by atoms with Crippen LogP contribution in [0.2, 0.25) is 0 Å². The van der Waals surface area contributed by atoms with E-state index in [1.54, 1.807) is 0 Å². The van der Waals surface area contributed by atoms with Gasteiger partial charge < -0.3 is 10.0 Å². The second-order valence-electron chi connectivity index (χ2n) is 5.94. The number of aliphatic hydroxyl groups excluding tert-OH is 1. The molecule has 2 atom stereocenters. The zero-order chi connectivity index (χ0) is 13.9. The van der Waals surface area contributed by atoms with Gasteiger partial charge in [-0.15, -0.1) is 0 Å².